The lowest BCUT2D eigenvalue weighted by molar-refractivity contribution is -0.122. The standard InChI is InChI=1S/C14H24N4O3/c1-3-12(14-15-11(2)17-21-14)16-13(19)5-4-6-18-7-9-20-10-8-18/h12H,3-10H2,1-2H3,(H,16,19)/t12-/m0/s1. The minimum Gasteiger partial charge on any atom is -0.379 e. The van der Waals surface area contributed by atoms with Gasteiger partial charge in [-0.1, -0.05) is 12.1 Å². The van der Waals surface area contributed by atoms with Crippen LogP contribution in [0.1, 0.15) is 43.9 Å². The number of hydrogen-bond acceptors (Lipinski definition) is 6. The first-order valence-corrected chi connectivity index (χ1v) is 7.58. The van der Waals surface area contributed by atoms with Crippen LogP contribution in [0.2, 0.25) is 0 Å². The van der Waals surface area contributed by atoms with Crippen LogP contribution < -0.4 is 5.32 Å². The SMILES string of the molecule is CC[C@H](NC(=O)CCCN1CCOCC1)c1nc(C)no1. The van der Waals surface area contributed by atoms with Gasteiger partial charge in [-0.15, -0.1) is 0 Å². The zero-order valence-corrected chi connectivity index (χ0v) is 12.8. The van der Waals surface area contributed by atoms with Crippen LogP contribution in [0.5, 0.6) is 0 Å². The number of aryl methyl sites for hydroxylation is 1. The largest absolute Gasteiger partial charge is 0.379 e. The van der Waals surface area contributed by atoms with E-state index in [1.807, 2.05) is 6.92 Å². The number of amides is 1. The Labute approximate surface area is 125 Å². The molecule has 1 N–H and O–H groups in total. The minimum atomic E-state index is -0.193. The van der Waals surface area contributed by atoms with Crippen molar-refractivity contribution in [3.8, 4) is 0 Å². The maximum atomic E-state index is 12.0. The van der Waals surface area contributed by atoms with Crippen LogP contribution in [0.15, 0.2) is 4.52 Å². The van der Waals surface area contributed by atoms with Crippen LogP contribution in [-0.4, -0.2) is 53.8 Å². The van der Waals surface area contributed by atoms with Crippen LogP contribution in [0.4, 0.5) is 0 Å². The summed E-state index contributed by atoms with van der Waals surface area (Å²) in [6.45, 7) is 8.19. The Hall–Kier alpha value is -1.47. The Morgan fingerprint density at radius 2 is 2.19 bits per heavy atom. The predicted octanol–water partition coefficient (Wildman–Crippen LogP) is 1.06. The van der Waals surface area contributed by atoms with E-state index in [0.717, 1.165) is 45.7 Å². The maximum absolute atomic E-state index is 12.0. The van der Waals surface area contributed by atoms with Crippen molar-refractivity contribution in [2.75, 3.05) is 32.8 Å². The summed E-state index contributed by atoms with van der Waals surface area (Å²) in [6, 6.07) is -0.193. The smallest absolute Gasteiger partial charge is 0.249 e. The number of morpholine rings is 1. The molecule has 7 nitrogen and oxygen atoms in total. The Morgan fingerprint density at radius 3 is 2.81 bits per heavy atom. The van der Waals surface area contributed by atoms with Gasteiger partial charge in [0.15, 0.2) is 5.82 Å². The van der Waals surface area contributed by atoms with Crippen molar-refractivity contribution in [3.63, 3.8) is 0 Å². The van der Waals surface area contributed by atoms with Crippen LogP contribution in [0, 0.1) is 6.92 Å². The first kappa shape index (κ1) is 15.9. The molecule has 0 radical (unpaired) electrons. The van der Waals surface area contributed by atoms with E-state index in [-0.39, 0.29) is 11.9 Å². The molecular formula is C14H24N4O3. The van der Waals surface area contributed by atoms with E-state index in [0.29, 0.717) is 18.1 Å². The van der Waals surface area contributed by atoms with Gasteiger partial charge >= 0.3 is 0 Å². The molecule has 0 unspecified atom stereocenters. The second-order valence-corrected chi connectivity index (χ2v) is 5.27. The number of aromatic nitrogens is 2. The highest BCUT2D eigenvalue weighted by molar-refractivity contribution is 5.76. The van der Waals surface area contributed by atoms with Crippen molar-refractivity contribution in [2.45, 2.75) is 39.2 Å². The average molecular weight is 296 g/mol. The fraction of sp³-hybridized carbons (Fsp3) is 0.786. The van der Waals surface area contributed by atoms with Crippen molar-refractivity contribution in [1.29, 1.82) is 0 Å². The summed E-state index contributed by atoms with van der Waals surface area (Å²) in [6.07, 6.45) is 2.10. The third kappa shape index (κ3) is 5.09. The number of carbonyl (C=O) groups excluding carboxylic acids is 1. The molecule has 1 fully saturated rings. The third-order valence-corrected chi connectivity index (χ3v) is 3.57. The first-order valence-electron chi connectivity index (χ1n) is 7.58. The molecule has 0 aliphatic carbocycles. The van der Waals surface area contributed by atoms with Gasteiger partial charge in [-0.2, -0.15) is 4.98 Å². The number of nitrogens with one attached hydrogen (secondary N) is 1. The van der Waals surface area contributed by atoms with Gasteiger partial charge in [-0.05, 0) is 26.3 Å². The first-order chi connectivity index (χ1) is 10.2. The summed E-state index contributed by atoms with van der Waals surface area (Å²) < 4.78 is 10.4. The highest BCUT2D eigenvalue weighted by Gasteiger charge is 2.18. The van der Waals surface area contributed by atoms with Gasteiger partial charge in [0.1, 0.15) is 6.04 Å². The zero-order valence-electron chi connectivity index (χ0n) is 12.8. The van der Waals surface area contributed by atoms with Gasteiger partial charge in [0.05, 0.1) is 13.2 Å². The lowest BCUT2D eigenvalue weighted by Crippen LogP contribution is -2.37. The van der Waals surface area contributed by atoms with Crippen molar-refractivity contribution in [2.24, 2.45) is 0 Å². The second kappa shape index (κ2) is 8.09. The van der Waals surface area contributed by atoms with Gasteiger partial charge in [-0.25, -0.2) is 0 Å². The molecule has 1 aliphatic rings. The molecule has 0 aromatic carbocycles. The van der Waals surface area contributed by atoms with E-state index < -0.39 is 0 Å². The Morgan fingerprint density at radius 1 is 1.43 bits per heavy atom. The molecule has 1 aromatic rings. The van der Waals surface area contributed by atoms with E-state index in [4.69, 9.17) is 9.26 Å². The zero-order chi connectivity index (χ0) is 15.1. The summed E-state index contributed by atoms with van der Waals surface area (Å²) >= 11 is 0. The quantitative estimate of drug-likeness (QED) is 0.810. The van der Waals surface area contributed by atoms with Crippen molar-refractivity contribution in [1.82, 2.24) is 20.4 Å². The molecule has 0 spiro atoms. The molecule has 2 rings (SSSR count). The minimum absolute atomic E-state index is 0.0333. The lowest BCUT2D eigenvalue weighted by Gasteiger charge is -2.26. The van der Waals surface area contributed by atoms with E-state index in [9.17, 15) is 4.79 Å². The molecule has 0 bridgehead atoms. The molecule has 118 valence electrons. The molecule has 1 saturated heterocycles. The summed E-state index contributed by atoms with van der Waals surface area (Å²) in [7, 11) is 0. The highest BCUT2D eigenvalue weighted by Crippen LogP contribution is 2.14. The van der Waals surface area contributed by atoms with Crippen LogP contribution >= 0.6 is 0 Å². The molecule has 1 aromatic heterocycles. The fourth-order valence-corrected chi connectivity index (χ4v) is 2.35. The molecule has 2 heterocycles. The second-order valence-electron chi connectivity index (χ2n) is 5.27. The van der Waals surface area contributed by atoms with Gasteiger partial charge in [0.2, 0.25) is 11.8 Å². The van der Waals surface area contributed by atoms with E-state index in [1.165, 1.54) is 0 Å². The number of rotatable bonds is 7. The molecule has 0 saturated carbocycles. The number of nitrogens with zero attached hydrogens (tertiary/aromatic N) is 3. The number of carbonyl (C=O) groups is 1. The van der Waals surface area contributed by atoms with Crippen molar-refractivity contribution >= 4 is 5.91 Å². The van der Waals surface area contributed by atoms with Gasteiger partial charge in [0.25, 0.3) is 0 Å². The summed E-state index contributed by atoms with van der Waals surface area (Å²) in [5.41, 5.74) is 0. The molecule has 7 heteroatoms. The van der Waals surface area contributed by atoms with Crippen molar-refractivity contribution < 1.29 is 14.1 Å². The van der Waals surface area contributed by atoms with E-state index in [1.54, 1.807) is 6.92 Å². The van der Waals surface area contributed by atoms with E-state index in [2.05, 4.69) is 20.4 Å². The summed E-state index contributed by atoms with van der Waals surface area (Å²) in [5.74, 6) is 1.10. The number of ether oxygens (including phenoxy) is 1. The summed E-state index contributed by atoms with van der Waals surface area (Å²) in [4.78, 5) is 18.5. The Bertz CT molecular complexity index is 443. The average Bonchev–Trinajstić information content (AvgIpc) is 2.92. The van der Waals surface area contributed by atoms with Crippen LogP contribution in [0.3, 0.4) is 0 Å². The molecule has 1 amide bonds. The van der Waals surface area contributed by atoms with Gasteiger partial charge in [-0.3, -0.25) is 9.69 Å². The normalized spacial score (nSPS) is 17.6. The number of hydrogen-bond donors (Lipinski definition) is 1. The predicted molar refractivity (Wildman–Crippen MR) is 76.7 cm³/mol. The Kier molecular flexibility index (Phi) is 6.13. The summed E-state index contributed by atoms with van der Waals surface area (Å²) in [5, 5.41) is 6.72. The molecular weight excluding hydrogens is 272 g/mol. The maximum Gasteiger partial charge on any atom is 0.249 e. The van der Waals surface area contributed by atoms with Crippen LogP contribution in [-0.2, 0) is 9.53 Å². The van der Waals surface area contributed by atoms with Gasteiger partial charge in [0, 0.05) is 19.5 Å². The van der Waals surface area contributed by atoms with Crippen molar-refractivity contribution in [3.05, 3.63) is 11.7 Å². The Balaban J connectivity index is 1.70. The topological polar surface area (TPSA) is 80.5 Å². The fourth-order valence-electron chi connectivity index (χ4n) is 2.35. The monoisotopic (exact) mass is 296 g/mol. The third-order valence-electron chi connectivity index (χ3n) is 3.57. The molecule has 1 atom stereocenters. The lowest BCUT2D eigenvalue weighted by atomic mass is 10.2. The molecule has 1 aliphatic heterocycles. The van der Waals surface area contributed by atoms with Gasteiger partial charge < -0.3 is 14.6 Å². The van der Waals surface area contributed by atoms with Crippen LogP contribution in [0.25, 0.3) is 0 Å². The molecule has 21 heavy (non-hydrogen) atoms. The highest BCUT2D eigenvalue weighted by atomic mass is 16.5. The van der Waals surface area contributed by atoms with E-state index >= 15 is 0 Å².